The second-order valence-corrected chi connectivity index (χ2v) is 11.4. The molecule has 36 heavy (non-hydrogen) atoms. The molecule has 3 aromatic rings. The SMILES string of the molecule is CCN(CC)C1CCN(c2cc(Cl)ccc2Nc2cc(F)c(S(=O)(=O)Nc3cscn3)cc2Cl)C1.Cl. The number of anilines is 4. The van der Waals surface area contributed by atoms with E-state index in [1.807, 2.05) is 12.1 Å². The molecule has 4 rings (SSSR count). The van der Waals surface area contributed by atoms with E-state index in [9.17, 15) is 12.8 Å². The molecule has 1 unspecified atom stereocenters. The smallest absolute Gasteiger partial charge is 0.266 e. The van der Waals surface area contributed by atoms with E-state index in [-0.39, 0.29) is 28.9 Å². The lowest BCUT2D eigenvalue weighted by Crippen LogP contribution is -2.37. The molecule has 1 aliphatic rings. The summed E-state index contributed by atoms with van der Waals surface area (Å²) in [7, 11) is -4.20. The zero-order valence-electron chi connectivity index (χ0n) is 19.7. The molecule has 2 N–H and O–H groups in total. The summed E-state index contributed by atoms with van der Waals surface area (Å²) in [5.41, 5.74) is 3.31. The lowest BCUT2D eigenvalue weighted by molar-refractivity contribution is 0.232. The first-order valence-corrected chi connectivity index (χ1v) is 14.4. The Hall–Kier alpha value is -1.82. The monoisotopic (exact) mass is 593 g/mol. The maximum atomic E-state index is 15.0. The van der Waals surface area contributed by atoms with Gasteiger partial charge in [0, 0.05) is 35.6 Å². The highest BCUT2D eigenvalue weighted by Crippen LogP contribution is 2.37. The van der Waals surface area contributed by atoms with Gasteiger partial charge in [0.05, 0.1) is 27.6 Å². The van der Waals surface area contributed by atoms with E-state index in [0.29, 0.717) is 16.8 Å². The van der Waals surface area contributed by atoms with Crippen LogP contribution in [0.15, 0.2) is 46.1 Å². The molecule has 1 aliphatic heterocycles. The number of hydrogen-bond donors (Lipinski definition) is 2. The normalized spacial score (nSPS) is 15.7. The quantitative estimate of drug-likeness (QED) is 0.295. The Bertz CT molecular complexity index is 1290. The summed E-state index contributed by atoms with van der Waals surface area (Å²) in [6.45, 7) is 7.99. The molecular formula is C23H27Cl3FN5O2S2. The number of halogens is 4. The average Bonchev–Trinajstić information content (AvgIpc) is 3.50. The summed E-state index contributed by atoms with van der Waals surface area (Å²) in [5, 5.41) is 5.33. The van der Waals surface area contributed by atoms with E-state index in [2.05, 4.69) is 38.7 Å². The molecular weight excluding hydrogens is 568 g/mol. The second kappa shape index (κ2) is 12.1. The first kappa shape index (κ1) is 28.7. The van der Waals surface area contributed by atoms with Gasteiger partial charge in [0.2, 0.25) is 0 Å². The van der Waals surface area contributed by atoms with Crippen LogP contribution in [0.1, 0.15) is 20.3 Å². The van der Waals surface area contributed by atoms with Gasteiger partial charge in [-0.15, -0.1) is 23.7 Å². The van der Waals surface area contributed by atoms with Gasteiger partial charge in [-0.25, -0.2) is 17.8 Å². The van der Waals surface area contributed by atoms with Gasteiger partial charge in [-0.1, -0.05) is 37.0 Å². The molecule has 0 saturated carbocycles. The number of nitrogens with one attached hydrogen (secondary N) is 2. The van der Waals surface area contributed by atoms with Crippen molar-refractivity contribution in [2.75, 3.05) is 41.1 Å². The van der Waals surface area contributed by atoms with Crippen molar-refractivity contribution in [1.82, 2.24) is 9.88 Å². The van der Waals surface area contributed by atoms with Gasteiger partial charge in [0.1, 0.15) is 10.7 Å². The van der Waals surface area contributed by atoms with E-state index in [1.165, 1.54) is 22.2 Å². The fourth-order valence-corrected chi connectivity index (χ4v) is 6.39. The number of aromatic nitrogens is 1. The van der Waals surface area contributed by atoms with Gasteiger partial charge >= 0.3 is 0 Å². The fourth-order valence-electron chi connectivity index (χ4n) is 4.30. The molecule has 1 atom stereocenters. The zero-order valence-corrected chi connectivity index (χ0v) is 23.6. The molecule has 0 spiro atoms. The summed E-state index contributed by atoms with van der Waals surface area (Å²) in [6, 6.07) is 8.04. The summed E-state index contributed by atoms with van der Waals surface area (Å²) in [5.74, 6) is -0.815. The van der Waals surface area contributed by atoms with Crippen LogP contribution in [-0.2, 0) is 10.0 Å². The molecule has 2 aromatic carbocycles. The Labute approximate surface area is 231 Å². The van der Waals surface area contributed by atoms with E-state index in [0.717, 1.165) is 50.4 Å². The molecule has 1 fully saturated rings. The highest BCUT2D eigenvalue weighted by Gasteiger charge is 2.28. The highest BCUT2D eigenvalue weighted by molar-refractivity contribution is 7.92. The molecule has 0 amide bonds. The third kappa shape index (κ3) is 6.35. The predicted octanol–water partition coefficient (Wildman–Crippen LogP) is 6.48. The number of hydrogen-bond acceptors (Lipinski definition) is 7. The van der Waals surface area contributed by atoms with Crippen LogP contribution in [0, 0.1) is 5.82 Å². The molecule has 13 heteroatoms. The number of nitrogens with zero attached hydrogens (tertiary/aromatic N) is 3. The molecule has 0 radical (unpaired) electrons. The number of benzene rings is 2. The van der Waals surface area contributed by atoms with Crippen molar-refractivity contribution < 1.29 is 12.8 Å². The Kier molecular flexibility index (Phi) is 9.70. The molecule has 0 aliphatic carbocycles. The molecule has 7 nitrogen and oxygen atoms in total. The van der Waals surface area contributed by atoms with Gasteiger partial charge in [0.25, 0.3) is 10.0 Å². The number of likely N-dealkylation sites (N-methyl/N-ethyl adjacent to an activating group) is 1. The third-order valence-corrected chi connectivity index (χ3v) is 8.55. The Morgan fingerprint density at radius 1 is 1.19 bits per heavy atom. The van der Waals surface area contributed by atoms with E-state index in [1.54, 1.807) is 6.07 Å². The largest absolute Gasteiger partial charge is 0.368 e. The van der Waals surface area contributed by atoms with Crippen molar-refractivity contribution in [3.8, 4) is 0 Å². The standard InChI is InChI=1S/C23H26Cl2FN5O2S2.ClH/c1-3-30(4-2)16-7-8-31(12-16)21-9-15(24)5-6-19(21)28-20-11-18(26)22(10-17(20)25)35(32,33)29-23-13-34-14-27-23;/h5-6,9-11,13-14,16,28-29H,3-4,7-8,12H2,1-2H3;1H. The van der Waals surface area contributed by atoms with Crippen LogP contribution < -0.4 is 14.9 Å². The van der Waals surface area contributed by atoms with E-state index < -0.39 is 20.7 Å². The average molecular weight is 595 g/mol. The minimum Gasteiger partial charge on any atom is -0.368 e. The number of rotatable bonds is 9. The Morgan fingerprint density at radius 3 is 2.61 bits per heavy atom. The fraction of sp³-hybridized carbons (Fsp3) is 0.348. The van der Waals surface area contributed by atoms with Crippen molar-refractivity contribution in [3.63, 3.8) is 0 Å². The van der Waals surface area contributed by atoms with Gasteiger partial charge in [-0.3, -0.25) is 9.62 Å². The van der Waals surface area contributed by atoms with Crippen LogP contribution in [0.25, 0.3) is 0 Å². The highest BCUT2D eigenvalue weighted by atomic mass is 35.5. The molecule has 196 valence electrons. The topological polar surface area (TPSA) is 77.6 Å². The van der Waals surface area contributed by atoms with E-state index >= 15 is 0 Å². The van der Waals surface area contributed by atoms with Gasteiger partial charge < -0.3 is 10.2 Å². The van der Waals surface area contributed by atoms with Crippen LogP contribution in [0.5, 0.6) is 0 Å². The van der Waals surface area contributed by atoms with Gasteiger partial charge in [-0.2, -0.15) is 0 Å². The number of sulfonamides is 1. The van der Waals surface area contributed by atoms with Crippen molar-refractivity contribution in [2.45, 2.75) is 31.2 Å². The number of thiazole rings is 1. The second-order valence-electron chi connectivity index (χ2n) is 8.14. The van der Waals surface area contributed by atoms with Crippen LogP contribution >= 0.6 is 46.9 Å². The zero-order chi connectivity index (χ0) is 25.2. The molecule has 1 aromatic heterocycles. The summed E-state index contributed by atoms with van der Waals surface area (Å²) < 4.78 is 42.5. The summed E-state index contributed by atoms with van der Waals surface area (Å²) in [4.78, 5) is 8.00. The van der Waals surface area contributed by atoms with Crippen LogP contribution in [0.4, 0.5) is 27.3 Å². The van der Waals surface area contributed by atoms with Crippen molar-refractivity contribution in [1.29, 1.82) is 0 Å². The predicted molar refractivity (Wildman–Crippen MR) is 150 cm³/mol. The minimum atomic E-state index is -4.20. The summed E-state index contributed by atoms with van der Waals surface area (Å²) in [6.07, 6.45) is 1.03. The first-order chi connectivity index (χ1) is 16.7. The van der Waals surface area contributed by atoms with E-state index in [4.69, 9.17) is 23.2 Å². The Morgan fingerprint density at radius 2 is 1.94 bits per heavy atom. The van der Waals surface area contributed by atoms with Crippen molar-refractivity contribution in [2.24, 2.45) is 0 Å². The van der Waals surface area contributed by atoms with Crippen LogP contribution in [0.2, 0.25) is 10.0 Å². The lowest BCUT2D eigenvalue weighted by Gasteiger charge is -2.27. The van der Waals surface area contributed by atoms with Gasteiger partial charge in [-0.05, 0) is 43.8 Å². The minimum absolute atomic E-state index is 0. The maximum Gasteiger partial charge on any atom is 0.266 e. The molecule has 2 heterocycles. The van der Waals surface area contributed by atoms with Crippen molar-refractivity contribution in [3.05, 3.63) is 57.1 Å². The lowest BCUT2D eigenvalue weighted by atomic mass is 10.2. The molecule has 0 bridgehead atoms. The van der Waals surface area contributed by atoms with Crippen molar-refractivity contribution >= 4 is 79.8 Å². The maximum absolute atomic E-state index is 15.0. The Balaban J connectivity index is 0.00000361. The summed E-state index contributed by atoms with van der Waals surface area (Å²) >= 11 is 13.9. The third-order valence-electron chi connectivity index (χ3n) is 6.04. The van der Waals surface area contributed by atoms with Gasteiger partial charge in [0.15, 0.2) is 5.82 Å². The first-order valence-electron chi connectivity index (χ1n) is 11.2. The van der Waals surface area contributed by atoms with Crippen LogP contribution in [0.3, 0.4) is 0 Å². The molecule has 1 saturated heterocycles. The van der Waals surface area contributed by atoms with Crippen LogP contribution in [-0.4, -0.2) is 50.5 Å².